The van der Waals surface area contributed by atoms with E-state index in [2.05, 4.69) is 10.6 Å². The Morgan fingerprint density at radius 2 is 1.39 bits per heavy atom. The molecule has 0 aliphatic carbocycles. The summed E-state index contributed by atoms with van der Waals surface area (Å²) in [5, 5.41) is 5.65. The van der Waals surface area contributed by atoms with Crippen molar-refractivity contribution in [2.75, 3.05) is 17.2 Å². The number of hydrogen-bond donors (Lipinski definition) is 2. The van der Waals surface area contributed by atoms with E-state index in [-0.39, 0.29) is 24.2 Å². The number of aryl methyl sites for hydroxylation is 2. The van der Waals surface area contributed by atoms with Crippen molar-refractivity contribution < 1.29 is 23.9 Å². The molecular formula is C26H26N2O5. The zero-order valence-electron chi connectivity index (χ0n) is 18.6. The topological polar surface area (TPSA) is 93.7 Å². The average Bonchev–Trinajstić information content (AvgIpc) is 2.80. The van der Waals surface area contributed by atoms with E-state index in [9.17, 15) is 14.4 Å². The predicted octanol–water partition coefficient (Wildman–Crippen LogP) is 5.35. The van der Waals surface area contributed by atoms with Gasteiger partial charge in [0.05, 0.1) is 6.61 Å². The smallest absolute Gasteiger partial charge is 0.434 e. The Labute approximate surface area is 192 Å². The van der Waals surface area contributed by atoms with Crippen molar-refractivity contribution in [3.05, 3.63) is 89.5 Å². The van der Waals surface area contributed by atoms with Gasteiger partial charge in [-0.3, -0.25) is 9.59 Å². The summed E-state index contributed by atoms with van der Waals surface area (Å²) in [7, 11) is 0. The van der Waals surface area contributed by atoms with Crippen molar-refractivity contribution in [3.63, 3.8) is 0 Å². The molecule has 0 fully saturated rings. The van der Waals surface area contributed by atoms with Gasteiger partial charge in [0.15, 0.2) is 0 Å². The van der Waals surface area contributed by atoms with E-state index in [1.165, 1.54) is 17.7 Å². The molecule has 7 heteroatoms. The first-order valence-electron chi connectivity index (χ1n) is 10.6. The molecule has 0 heterocycles. The van der Waals surface area contributed by atoms with Crippen LogP contribution in [0.1, 0.15) is 34.8 Å². The Hall–Kier alpha value is -4.13. The van der Waals surface area contributed by atoms with Crippen molar-refractivity contribution in [1.82, 2.24) is 0 Å². The van der Waals surface area contributed by atoms with E-state index in [0.29, 0.717) is 29.8 Å². The van der Waals surface area contributed by atoms with Gasteiger partial charge in [-0.25, -0.2) is 4.79 Å². The quantitative estimate of drug-likeness (QED) is 0.359. The van der Waals surface area contributed by atoms with E-state index < -0.39 is 6.16 Å². The van der Waals surface area contributed by atoms with Crippen LogP contribution in [0.25, 0.3) is 0 Å². The van der Waals surface area contributed by atoms with Crippen molar-refractivity contribution >= 4 is 29.3 Å². The molecule has 7 nitrogen and oxygen atoms in total. The highest BCUT2D eigenvalue weighted by Crippen LogP contribution is 2.17. The van der Waals surface area contributed by atoms with Gasteiger partial charge >= 0.3 is 6.16 Å². The fraction of sp³-hybridized carbons (Fsp3) is 0.192. The van der Waals surface area contributed by atoms with Gasteiger partial charge < -0.3 is 20.1 Å². The minimum absolute atomic E-state index is 0.0718. The van der Waals surface area contributed by atoms with Crippen LogP contribution in [0, 0.1) is 6.92 Å². The summed E-state index contributed by atoms with van der Waals surface area (Å²) >= 11 is 0. The van der Waals surface area contributed by atoms with Crippen LogP contribution in [0.4, 0.5) is 16.2 Å². The van der Waals surface area contributed by atoms with Gasteiger partial charge in [0, 0.05) is 23.4 Å². The number of nitrogens with one attached hydrogen (secondary N) is 2. The summed E-state index contributed by atoms with van der Waals surface area (Å²) in [5.41, 5.74) is 3.95. The molecule has 170 valence electrons. The van der Waals surface area contributed by atoms with Crippen molar-refractivity contribution in [2.24, 2.45) is 0 Å². The molecule has 0 atom stereocenters. The van der Waals surface area contributed by atoms with Crippen LogP contribution >= 0.6 is 0 Å². The largest absolute Gasteiger partial charge is 0.513 e. The zero-order valence-corrected chi connectivity index (χ0v) is 18.6. The molecule has 0 unspecified atom stereocenters. The van der Waals surface area contributed by atoms with E-state index in [1.54, 1.807) is 43.3 Å². The highest BCUT2D eigenvalue weighted by Gasteiger charge is 2.09. The Kier molecular flexibility index (Phi) is 8.18. The first-order chi connectivity index (χ1) is 15.9. The maximum absolute atomic E-state index is 12.4. The second kappa shape index (κ2) is 11.5. The number of carbonyl (C=O) groups is 3. The van der Waals surface area contributed by atoms with E-state index in [0.717, 1.165) is 5.56 Å². The molecular weight excluding hydrogens is 420 g/mol. The van der Waals surface area contributed by atoms with Crippen LogP contribution in [0.2, 0.25) is 0 Å². The van der Waals surface area contributed by atoms with Gasteiger partial charge in [-0.05, 0) is 74.4 Å². The Morgan fingerprint density at radius 3 is 2.00 bits per heavy atom. The summed E-state index contributed by atoms with van der Waals surface area (Å²) in [4.78, 5) is 36.0. The first kappa shape index (κ1) is 23.5. The summed E-state index contributed by atoms with van der Waals surface area (Å²) in [5.74, 6) is -0.0995. The van der Waals surface area contributed by atoms with Crippen LogP contribution < -0.4 is 15.4 Å². The summed E-state index contributed by atoms with van der Waals surface area (Å²) in [6, 6.07) is 21.1. The van der Waals surface area contributed by atoms with Gasteiger partial charge in [0.1, 0.15) is 5.75 Å². The molecule has 3 aromatic carbocycles. The number of rotatable bonds is 8. The van der Waals surface area contributed by atoms with Crippen molar-refractivity contribution in [2.45, 2.75) is 26.7 Å². The molecule has 0 spiro atoms. The molecule has 0 radical (unpaired) electrons. The minimum Gasteiger partial charge on any atom is -0.434 e. The third-order valence-corrected chi connectivity index (χ3v) is 4.77. The summed E-state index contributed by atoms with van der Waals surface area (Å²) < 4.78 is 9.68. The third-order valence-electron chi connectivity index (χ3n) is 4.77. The molecule has 2 amide bonds. The van der Waals surface area contributed by atoms with Gasteiger partial charge in [-0.15, -0.1) is 0 Å². The number of anilines is 2. The molecule has 0 bridgehead atoms. The maximum atomic E-state index is 12.4. The second-order valence-corrected chi connectivity index (χ2v) is 7.37. The van der Waals surface area contributed by atoms with Crippen LogP contribution in [-0.2, 0) is 16.0 Å². The van der Waals surface area contributed by atoms with Gasteiger partial charge in [0.25, 0.3) is 5.91 Å². The lowest BCUT2D eigenvalue weighted by atomic mass is 10.1. The van der Waals surface area contributed by atoms with Crippen LogP contribution in [0.15, 0.2) is 72.8 Å². The van der Waals surface area contributed by atoms with Crippen molar-refractivity contribution in [3.8, 4) is 5.75 Å². The molecule has 0 saturated heterocycles. The van der Waals surface area contributed by atoms with Crippen molar-refractivity contribution in [1.29, 1.82) is 0 Å². The Bertz CT molecular complexity index is 1090. The molecule has 0 saturated carbocycles. The lowest BCUT2D eigenvalue weighted by molar-refractivity contribution is -0.116. The Morgan fingerprint density at radius 1 is 0.788 bits per heavy atom. The molecule has 0 aliphatic rings. The van der Waals surface area contributed by atoms with E-state index >= 15 is 0 Å². The molecule has 0 aromatic heterocycles. The summed E-state index contributed by atoms with van der Waals surface area (Å²) in [6.45, 7) is 3.93. The lowest BCUT2D eigenvalue weighted by Gasteiger charge is -2.09. The number of amides is 2. The fourth-order valence-corrected chi connectivity index (χ4v) is 2.99. The van der Waals surface area contributed by atoms with Crippen LogP contribution in [0.3, 0.4) is 0 Å². The average molecular weight is 447 g/mol. The lowest BCUT2D eigenvalue weighted by Crippen LogP contribution is -2.14. The standard InChI is InChI=1S/C26H26N2O5/c1-3-32-26(31)33-23-15-9-20(10-16-23)25(30)28-22-13-11-21(12-14-22)27-24(29)17-8-19-6-4-18(2)5-7-19/h4-7,9-16H,3,8,17H2,1-2H3,(H,27,29)(H,28,30). The molecule has 0 aliphatic heterocycles. The van der Waals surface area contributed by atoms with Crippen LogP contribution in [-0.4, -0.2) is 24.6 Å². The van der Waals surface area contributed by atoms with Gasteiger partial charge in [0.2, 0.25) is 5.91 Å². The number of benzene rings is 3. The number of carbonyl (C=O) groups excluding carboxylic acids is 3. The Balaban J connectivity index is 1.48. The molecule has 2 N–H and O–H groups in total. The normalized spacial score (nSPS) is 10.2. The minimum atomic E-state index is -0.794. The SMILES string of the molecule is CCOC(=O)Oc1ccc(C(=O)Nc2ccc(NC(=O)CCc3ccc(C)cc3)cc2)cc1. The number of ether oxygens (including phenoxy) is 2. The summed E-state index contributed by atoms with van der Waals surface area (Å²) in [6.07, 6.45) is 0.262. The highest BCUT2D eigenvalue weighted by atomic mass is 16.7. The molecule has 3 rings (SSSR count). The van der Waals surface area contributed by atoms with E-state index in [4.69, 9.17) is 9.47 Å². The third kappa shape index (κ3) is 7.50. The van der Waals surface area contributed by atoms with Crippen LogP contribution in [0.5, 0.6) is 5.75 Å². The monoisotopic (exact) mass is 446 g/mol. The first-order valence-corrected chi connectivity index (χ1v) is 10.6. The zero-order chi connectivity index (χ0) is 23.6. The van der Waals surface area contributed by atoms with Gasteiger partial charge in [-0.1, -0.05) is 29.8 Å². The maximum Gasteiger partial charge on any atom is 0.513 e. The number of hydrogen-bond acceptors (Lipinski definition) is 5. The predicted molar refractivity (Wildman–Crippen MR) is 127 cm³/mol. The second-order valence-electron chi connectivity index (χ2n) is 7.37. The highest BCUT2D eigenvalue weighted by molar-refractivity contribution is 6.04. The van der Waals surface area contributed by atoms with E-state index in [1.807, 2.05) is 31.2 Å². The molecule has 3 aromatic rings. The fourth-order valence-electron chi connectivity index (χ4n) is 2.99. The van der Waals surface area contributed by atoms with Gasteiger partial charge in [-0.2, -0.15) is 0 Å². The molecule has 33 heavy (non-hydrogen) atoms.